The Hall–Kier alpha value is -4.51. The van der Waals surface area contributed by atoms with Crippen molar-refractivity contribution in [2.75, 3.05) is 6.61 Å². The molecule has 5 rings (SSSR count). The van der Waals surface area contributed by atoms with Crippen molar-refractivity contribution in [2.45, 2.75) is 6.92 Å². The van der Waals surface area contributed by atoms with Gasteiger partial charge in [-0.2, -0.15) is 5.26 Å². The van der Waals surface area contributed by atoms with E-state index in [2.05, 4.69) is 9.97 Å². The molecule has 8 heteroatoms. The first-order valence-electron chi connectivity index (χ1n) is 10.2. The number of rotatable bonds is 4. The molecule has 3 heterocycles. The van der Waals surface area contributed by atoms with Gasteiger partial charge in [-0.05, 0) is 42.8 Å². The predicted molar refractivity (Wildman–Crippen MR) is 123 cm³/mol. The van der Waals surface area contributed by atoms with Crippen molar-refractivity contribution in [1.29, 1.82) is 5.26 Å². The Bertz CT molecular complexity index is 1650. The van der Waals surface area contributed by atoms with Crippen LogP contribution >= 0.6 is 0 Å². The summed E-state index contributed by atoms with van der Waals surface area (Å²) in [6, 6.07) is 14.1. The first-order valence-corrected chi connectivity index (χ1v) is 10.2. The number of aromatic nitrogens is 4. The fraction of sp³-hybridized carbons (Fsp3) is 0.120. The second-order valence-electron chi connectivity index (χ2n) is 7.64. The van der Waals surface area contributed by atoms with E-state index < -0.39 is 0 Å². The van der Waals surface area contributed by atoms with Gasteiger partial charge in [-0.25, -0.2) is 9.18 Å². The molecular formula is C25H18FN5O2. The lowest BCUT2D eigenvalue weighted by Crippen LogP contribution is -2.21. The summed E-state index contributed by atoms with van der Waals surface area (Å²) in [5, 5.41) is 9.50. The molecule has 0 aliphatic rings. The normalized spacial score (nSPS) is 11.1. The second-order valence-corrected chi connectivity index (χ2v) is 7.64. The maximum atomic E-state index is 14.4. The highest BCUT2D eigenvalue weighted by atomic mass is 19.1. The Morgan fingerprint density at radius 2 is 1.97 bits per heavy atom. The van der Waals surface area contributed by atoms with Crippen molar-refractivity contribution in [3.63, 3.8) is 0 Å². The van der Waals surface area contributed by atoms with E-state index in [0.717, 1.165) is 16.5 Å². The molecule has 0 atom stereocenters. The lowest BCUT2D eigenvalue weighted by atomic mass is 10.0. The average molecular weight is 439 g/mol. The van der Waals surface area contributed by atoms with Gasteiger partial charge in [0.2, 0.25) is 0 Å². The van der Waals surface area contributed by atoms with E-state index in [9.17, 15) is 9.18 Å². The van der Waals surface area contributed by atoms with Crippen LogP contribution in [0, 0.1) is 24.1 Å². The van der Waals surface area contributed by atoms with Crippen LogP contribution in [0.2, 0.25) is 0 Å². The number of fused-ring (bicyclic) bond motifs is 3. The predicted octanol–water partition coefficient (Wildman–Crippen LogP) is 4.29. The van der Waals surface area contributed by atoms with E-state index in [4.69, 9.17) is 10.00 Å². The molecule has 0 amide bonds. The van der Waals surface area contributed by atoms with Crippen molar-refractivity contribution in [3.8, 4) is 28.6 Å². The van der Waals surface area contributed by atoms with Gasteiger partial charge in [0.1, 0.15) is 17.6 Å². The molecule has 0 saturated heterocycles. The number of halogens is 1. The Kier molecular flexibility index (Phi) is 4.87. The number of hydrogen-bond donors (Lipinski definition) is 0. The zero-order valence-electron chi connectivity index (χ0n) is 17.9. The van der Waals surface area contributed by atoms with Crippen LogP contribution in [0.1, 0.15) is 5.56 Å². The maximum Gasteiger partial charge on any atom is 0.333 e. The molecule has 0 unspecified atom stereocenters. The molecule has 0 saturated carbocycles. The van der Waals surface area contributed by atoms with Gasteiger partial charge in [0, 0.05) is 29.8 Å². The van der Waals surface area contributed by atoms with Crippen molar-refractivity contribution >= 4 is 21.9 Å². The number of nitrogens with zero attached hydrogens (tertiary/aromatic N) is 5. The summed E-state index contributed by atoms with van der Waals surface area (Å²) >= 11 is 0. The first kappa shape index (κ1) is 20.4. The second kappa shape index (κ2) is 7.88. The van der Waals surface area contributed by atoms with E-state index in [-0.39, 0.29) is 18.1 Å². The lowest BCUT2D eigenvalue weighted by molar-refractivity contribution is 0.367. The van der Waals surface area contributed by atoms with Crippen molar-refractivity contribution < 1.29 is 9.13 Å². The van der Waals surface area contributed by atoms with Crippen LogP contribution in [0.15, 0.2) is 65.8 Å². The smallest absolute Gasteiger partial charge is 0.333 e. The Morgan fingerprint density at radius 1 is 1.12 bits per heavy atom. The number of hydrogen-bond acceptors (Lipinski definition) is 5. The van der Waals surface area contributed by atoms with Crippen LogP contribution in [0.5, 0.6) is 5.75 Å². The van der Waals surface area contributed by atoms with Crippen LogP contribution in [0.25, 0.3) is 38.8 Å². The van der Waals surface area contributed by atoms with Gasteiger partial charge < -0.3 is 4.74 Å². The van der Waals surface area contributed by atoms with Crippen LogP contribution in [-0.4, -0.2) is 25.7 Å². The molecule has 0 spiro atoms. The third-order valence-electron chi connectivity index (χ3n) is 5.71. The summed E-state index contributed by atoms with van der Waals surface area (Å²) in [4.78, 5) is 22.0. The minimum absolute atomic E-state index is 0.0727. The van der Waals surface area contributed by atoms with Gasteiger partial charge in [-0.3, -0.25) is 19.1 Å². The number of pyridine rings is 2. The standard InChI is InChI=1S/C25H18FN5O2/c1-15-20(26)4-3-5-22(15)31-24-19-11-16(17-10-18(13-28-12-17)33-9-8-27)6-7-21(19)29-14-23(24)30(2)25(31)32/h3-7,10-14H,9H2,1-2H3. The van der Waals surface area contributed by atoms with Crippen LogP contribution in [0.4, 0.5) is 4.39 Å². The first-order chi connectivity index (χ1) is 16.0. The molecule has 3 aromatic heterocycles. The van der Waals surface area contributed by atoms with E-state index in [1.807, 2.05) is 24.3 Å². The van der Waals surface area contributed by atoms with E-state index in [0.29, 0.717) is 33.6 Å². The molecule has 5 aromatic rings. The summed E-state index contributed by atoms with van der Waals surface area (Å²) in [5.41, 5.74) is 4.19. The highest BCUT2D eigenvalue weighted by molar-refractivity contribution is 6.04. The summed E-state index contributed by atoms with van der Waals surface area (Å²) in [5.74, 6) is 0.105. The molecule has 0 N–H and O–H groups in total. The molecule has 162 valence electrons. The zero-order chi connectivity index (χ0) is 23.1. The van der Waals surface area contributed by atoms with Crippen LogP contribution in [-0.2, 0) is 7.05 Å². The van der Waals surface area contributed by atoms with Gasteiger partial charge in [-0.1, -0.05) is 12.1 Å². The monoisotopic (exact) mass is 439 g/mol. The SMILES string of the molecule is Cc1c(F)cccc1-n1c(=O)n(C)c2cnc3ccc(-c4cncc(OCC#N)c4)cc3c21. The van der Waals surface area contributed by atoms with E-state index in [1.54, 1.807) is 50.8 Å². The van der Waals surface area contributed by atoms with Gasteiger partial charge in [0.25, 0.3) is 0 Å². The summed E-state index contributed by atoms with van der Waals surface area (Å²) in [6.45, 7) is 1.58. The molecule has 0 bridgehead atoms. The van der Waals surface area contributed by atoms with Crippen LogP contribution in [0.3, 0.4) is 0 Å². The van der Waals surface area contributed by atoms with Crippen molar-refractivity contribution in [2.24, 2.45) is 7.05 Å². The van der Waals surface area contributed by atoms with Gasteiger partial charge >= 0.3 is 5.69 Å². The Morgan fingerprint density at radius 3 is 2.79 bits per heavy atom. The fourth-order valence-electron chi connectivity index (χ4n) is 4.01. The maximum absolute atomic E-state index is 14.4. The fourth-order valence-corrected chi connectivity index (χ4v) is 4.01. The molecule has 7 nitrogen and oxygen atoms in total. The average Bonchev–Trinajstić information content (AvgIpc) is 3.09. The van der Waals surface area contributed by atoms with Crippen molar-refractivity contribution in [1.82, 2.24) is 19.1 Å². The molecule has 0 aliphatic heterocycles. The highest BCUT2D eigenvalue weighted by Crippen LogP contribution is 2.31. The van der Waals surface area contributed by atoms with E-state index >= 15 is 0 Å². The summed E-state index contributed by atoms with van der Waals surface area (Å²) in [6.07, 6.45) is 4.90. The van der Waals surface area contributed by atoms with Gasteiger partial charge in [0.05, 0.1) is 34.6 Å². The number of nitriles is 1. The quantitative estimate of drug-likeness (QED) is 0.417. The van der Waals surface area contributed by atoms with E-state index in [1.165, 1.54) is 15.2 Å². The Balaban J connectivity index is 1.80. The molecular weight excluding hydrogens is 421 g/mol. The highest BCUT2D eigenvalue weighted by Gasteiger charge is 2.19. The third-order valence-corrected chi connectivity index (χ3v) is 5.71. The topological polar surface area (TPSA) is 85.7 Å². The largest absolute Gasteiger partial charge is 0.477 e. The minimum Gasteiger partial charge on any atom is -0.477 e. The molecule has 0 fully saturated rings. The Labute approximate surface area is 187 Å². The third kappa shape index (κ3) is 3.31. The molecule has 2 aromatic carbocycles. The number of imidazole rings is 1. The number of benzene rings is 2. The zero-order valence-corrected chi connectivity index (χ0v) is 17.9. The van der Waals surface area contributed by atoms with Crippen molar-refractivity contribution in [3.05, 3.63) is 82.9 Å². The van der Waals surface area contributed by atoms with Gasteiger partial charge in [-0.15, -0.1) is 0 Å². The summed E-state index contributed by atoms with van der Waals surface area (Å²) in [7, 11) is 1.67. The molecule has 0 aliphatic carbocycles. The van der Waals surface area contributed by atoms with Gasteiger partial charge in [0.15, 0.2) is 6.61 Å². The number of ether oxygens (including phenoxy) is 1. The number of aryl methyl sites for hydroxylation is 1. The molecule has 33 heavy (non-hydrogen) atoms. The lowest BCUT2D eigenvalue weighted by Gasteiger charge is -2.11. The molecule has 0 radical (unpaired) electrons. The minimum atomic E-state index is -0.379. The summed E-state index contributed by atoms with van der Waals surface area (Å²) < 4.78 is 22.8. The van der Waals surface area contributed by atoms with Crippen LogP contribution < -0.4 is 10.4 Å².